The van der Waals surface area contributed by atoms with Crippen LogP contribution < -0.4 is 4.74 Å². The molecule has 0 N–H and O–H groups in total. The van der Waals surface area contributed by atoms with Crippen molar-refractivity contribution < 1.29 is 14.1 Å². The summed E-state index contributed by atoms with van der Waals surface area (Å²) in [6, 6.07) is 9.09. The van der Waals surface area contributed by atoms with Crippen LogP contribution in [0.1, 0.15) is 41.6 Å². The van der Waals surface area contributed by atoms with Crippen LogP contribution in [0.5, 0.6) is 5.88 Å². The zero-order valence-electron chi connectivity index (χ0n) is 15.8. The van der Waals surface area contributed by atoms with Crippen LogP contribution in [0.2, 0.25) is 0 Å². The molecule has 0 spiro atoms. The Labute approximate surface area is 158 Å². The molecule has 140 valence electrons. The maximum atomic E-state index is 12.7. The summed E-state index contributed by atoms with van der Waals surface area (Å²) < 4.78 is 10.5. The van der Waals surface area contributed by atoms with Crippen LogP contribution in [0.3, 0.4) is 0 Å². The Morgan fingerprint density at radius 1 is 1.19 bits per heavy atom. The molecule has 0 aliphatic carbocycles. The van der Waals surface area contributed by atoms with Crippen molar-refractivity contribution in [3.8, 4) is 17.1 Å². The second-order valence-electron chi connectivity index (χ2n) is 6.53. The molecule has 0 atom stereocenters. The van der Waals surface area contributed by atoms with Gasteiger partial charge in [-0.05, 0) is 12.1 Å². The number of benzene rings is 1. The van der Waals surface area contributed by atoms with Crippen LogP contribution in [0, 0.1) is 0 Å². The topological polar surface area (TPSA) is 81.4 Å². The number of hydrogen-bond donors (Lipinski definition) is 0. The predicted molar refractivity (Wildman–Crippen MR) is 100 cm³/mol. The standard InChI is InChI=1S/C20H22N4O3/c1-13(2)17-11-16(23-27-17)12-24(3)20(25)15-7-5-14(6-8-15)18-19(26-4)22-10-9-21-18/h5-11,13H,12H2,1-4H3. The normalized spacial score (nSPS) is 10.9. The van der Waals surface area contributed by atoms with E-state index < -0.39 is 0 Å². The Balaban J connectivity index is 1.73. The third-order valence-corrected chi connectivity index (χ3v) is 4.16. The van der Waals surface area contributed by atoms with Gasteiger partial charge in [0, 0.05) is 42.6 Å². The third-order valence-electron chi connectivity index (χ3n) is 4.16. The minimum absolute atomic E-state index is 0.0956. The monoisotopic (exact) mass is 366 g/mol. The van der Waals surface area contributed by atoms with E-state index in [1.807, 2.05) is 32.0 Å². The second kappa shape index (κ2) is 7.99. The average Bonchev–Trinajstić information content (AvgIpc) is 3.16. The van der Waals surface area contributed by atoms with E-state index in [1.54, 1.807) is 43.6 Å². The van der Waals surface area contributed by atoms with Gasteiger partial charge in [0.25, 0.3) is 5.91 Å². The predicted octanol–water partition coefficient (Wildman–Crippen LogP) is 3.54. The first-order valence-corrected chi connectivity index (χ1v) is 8.66. The van der Waals surface area contributed by atoms with Gasteiger partial charge in [0.05, 0.1) is 13.7 Å². The van der Waals surface area contributed by atoms with Crippen molar-refractivity contribution in [3.63, 3.8) is 0 Å². The molecule has 3 rings (SSSR count). The first-order valence-electron chi connectivity index (χ1n) is 8.66. The van der Waals surface area contributed by atoms with Crippen molar-refractivity contribution in [2.45, 2.75) is 26.3 Å². The Hall–Kier alpha value is -3.22. The molecular formula is C20H22N4O3. The number of aromatic nitrogens is 3. The van der Waals surface area contributed by atoms with Crippen molar-refractivity contribution in [1.82, 2.24) is 20.0 Å². The highest BCUT2D eigenvalue weighted by molar-refractivity contribution is 5.94. The molecule has 3 aromatic rings. The number of nitrogens with zero attached hydrogens (tertiary/aromatic N) is 4. The molecule has 0 bridgehead atoms. The van der Waals surface area contributed by atoms with Crippen molar-refractivity contribution in [2.24, 2.45) is 0 Å². The molecule has 7 heteroatoms. The van der Waals surface area contributed by atoms with Gasteiger partial charge in [0.2, 0.25) is 5.88 Å². The van der Waals surface area contributed by atoms with Gasteiger partial charge in [0.1, 0.15) is 17.1 Å². The lowest BCUT2D eigenvalue weighted by atomic mass is 10.1. The van der Waals surface area contributed by atoms with Gasteiger partial charge in [-0.3, -0.25) is 4.79 Å². The van der Waals surface area contributed by atoms with Crippen LogP contribution in [-0.4, -0.2) is 40.1 Å². The van der Waals surface area contributed by atoms with Crippen LogP contribution in [0.4, 0.5) is 0 Å². The fraction of sp³-hybridized carbons (Fsp3) is 0.300. The summed E-state index contributed by atoms with van der Waals surface area (Å²) in [7, 11) is 3.29. The molecule has 0 aliphatic rings. The fourth-order valence-electron chi connectivity index (χ4n) is 2.65. The largest absolute Gasteiger partial charge is 0.479 e. The number of ether oxygens (including phenoxy) is 1. The first kappa shape index (κ1) is 18.6. The summed E-state index contributed by atoms with van der Waals surface area (Å²) >= 11 is 0. The van der Waals surface area contributed by atoms with E-state index in [-0.39, 0.29) is 11.8 Å². The smallest absolute Gasteiger partial charge is 0.253 e. The zero-order valence-corrected chi connectivity index (χ0v) is 15.8. The number of carbonyl (C=O) groups excluding carboxylic acids is 1. The zero-order chi connectivity index (χ0) is 19.4. The lowest BCUT2D eigenvalue weighted by Gasteiger charge is -2.16. The average molecular weight is 366 g/mol. The van der Waals surface area contributed by atoms with E-state index >= 15 is 0 Å². The van der Waals surface area contributed by atoms with Gasteiger partial charge in [-0.1, -0.05) is 31.1 Å². The Morgan fingerprint density at radius 2 is 1.89 bits per heavy atom. The van der Waals surface area contributed by atoms with Crippen molar-refractivity contribution in [1.29, 1.82) is 0 Å². The molecule has 7 nitrogen and oxygen atoms in total. The number of amides is 1. The molecule has 27 heavy (non-hydrogen) atoms. The number of hydrogen-bond acceptors (Lipinski definition) is 6. The maximum Gasteiger partial charge on any atom is 0.253 e. The van der Waals surface area contributed by atoms with Gasteiger partial charge >= 0.3 is 0 Å². The number of methoxy groups -OCH3 is 1. The fourth-order valence-corrected chi connectivity index (χ4v) is 2.65. The first-order chi connectivity index (χ1) is 13.0. The highest BCUT2D eigenvalue weighted by Gasteiger charge is 2.16. The highest BCUT2D eigenvalue weighted by atomic mass is 16.5. The Morgan fingerprint density at radius 3 is 2.52 bits per heavy atom. The third kappa shape index (κ3) is 4.13. The molecule has 1 aromatic carbocycles. The molecule has 1 amide bonds. The molecule has 0 saturated heterocycles. The number of rotatable bonds is 6. The van der Waals surface area contributed by atoms with Crippen LogP contribution in [0.25, 0.3) is 11.3 Å². The minimum Gasteiger partial charge on any atom is -0.479 e. The lowest BCUT2D eigenvalue weighted by Crippen LogP contribution is -2.26. The second-order valence-corrected chi connectivity index (χ2v) is 6.53. The van der Waals surface area contributed by atoms with Crippen molar-refractivity contribution in [2.75, 3.05) is 14.2 Å². The van der Waals surface area contributed by atoms with Gasteiger partial charge in [-0.25, -0.2) is 9.97 Å². The van der Waals surface area contributed by atoms with E-state index in [1.165, 1.54) is 0 Å². The summed E-state index contributed by atoms with van der Waals surface area (Å²) in [5.74, 6) is 1.42. The van der Waals surface area contributed by atoms with Crippen LogP contribution >= 0.6 is 0 Å². The van der Waals surface area contributed by atoms with Crippen molar-refractivity contribution >= 4 is 5.91 Å². The van der Waals surface area contributed by atoms with Gasteiger partial charge in [-0.2, -0.15) is 0 Å². The van der Waals surface area contributed by atoms with E-state index in [0.717, 1.165) is 17.0 Å². The Kier molecular flexibility index (Phi) is 5.49. The lowest BCUT2D eigenvalue weighted by molar-refractivity contribution is 0.0782. The molecule has 0 unspecified atom stereocenters. The van der Waals surface area contributed by atoms with Gasteiger partial charge < -0.3 is 14.2 Å². The summed E-state index contributed by atoms with van der Waals surface area (Å²) in [4.78, 5) is 22.7. The maximum absolute atomic E-state index is 12.7. The quantitative estimate of drug-likeness (QED) is 0.664. The van der Waals surface area contributed by atoms with E-state index in [4.69, 9.17) is 9.26 Å². The summed E-state index contributed by atoms with van der Waals surface area (Å²) in [5, 5.41) is 4.03. The molecule has 0 radical (unpaired) electrons. The number of carbonyl (C=O) groups is 1. The minimum atomic E-state index is -0.0956. The molecule has 2 aromatic heterocycles. The highest BCUT2D eigenvalue weighted by Crippen LogP contribution is 2.25. The Bertz CT molecular complexity index is 919. The van der Waals surface area contributed by atoms with Crippen LogP contribution in [-0.2, 0) is 6.54 Å². The summed E-state index contributed by atoms with van der Waals surface area (Å²) in [6.07, 6.45) is 3.18. The van der Waals surface area contributed by atoms with Crippen molar-refractivity contribution in [3.05, 3.63) is 59.7 Å². The van der Waals surface area contributed by atoms with E-state index in [0.29, 0.717) is 23.7 Å². The summed E-state index contributed by atoms with van der Waals surface area (Å²) in [5.41, 5.74) is 2.78. The summed E-state index contributed by atoms with van der Waals surface area (Å²) in [6.45, 7) is 4.45. The van der Waals surface area contributed by atoms with Gasteiger partial charge in [0.15, 0.2) is 0 Å². The van der Waals surface area contributed by atoms with E-state index in [9.17, 15) is 4.79 Å². The molecule has 0 fully saturated rings. The molecular weight excluding hydrogens is 344 g/mol. The van der Waals surface area contributed by atoms with E-state index in [2.05, 4.69) is 15.1 Å². The molecule has 0 aliphatic heterocycles. The van der Waals surface area contributed by atoms with Gasteiger partial charge in [-0.15, -0.1) is 0 Å². The molecule has 0 saturated carbocycles. The SMILES string of the molecule is COc1nccnc1-c1ccc(C(=O)N(C)Cc2cc(C(C)C)on2)cc1. The molecule has 2 heterocycles. The van der Waals surface area contributed by atoms with Crippen LogP contribution in [0.15, 0.2) is 47.2 Å².